The Morgan fingerprint density at radius 3 is 2.59 bits per heavy atom. The molecule has 29 heavy (non-hydrogen) atoms. The number of amides is 1. The highest BCUT2D eigenvalue weighted by Gasteiger charge is 2.24. The number of carbonyl (C=O) groups is 1. The monoisotopic (exact) mass is 411 g/mol. The quantitative estimate of drug-likeness (QED) is 0.365. The van der Waals surface area contributed by atoms with E-state index in [1.165, 1.54) is 31.6 Å². The zero-order valence-corrected chi connectivity index (χ0v) is 16.8. The number of hydrogen-bond donors (Lipinski definition) is 0. The van der Waals surface area contributed by atoms with Gasteiger partial charge in [0.05, 0.1) is 42.0 Å². The van der Waals surface area contributed by atoms with E-state index in [0.717, 1.165) is 21.8 Å². The Morgan fingerprint density at radius 1 is 1.28 bits per heavy atom. The van der Waals surface area contributed by atoms with E-state index in [2.05, 4.69) is 10.9 Å². The van der Waals surface area contributed by atoms with E-state index in [0.29, 0.717) is 4.80 Å². The summed E-state index contributed by atoms with van der Waals surface area (Å²) in [6, 6.07) is 8.21. The molecule has 1 aromatic heterocycles. The Bertz CT molecular complexity index is 1230. The number of rotatable bonds is 5. The van der Waals surface area contributed by atoms with Crippen molar-refractivity contribution in [2.45, 2.75) is 13.5 Å². The molecule has 1 heterocycles. The van der Waals surface area contributed by atoms with Gasteiger partial charge in [0.1, 0.15) is 5.56 Å². The highest BCUT2D eigenvalue weighted by molar-refractivity contribution is 7.16. The summed E-state index contributed by atoms with van der Waals surface area (Å²) in [4.78, 5) is 28.2. The number of fused-ring (bicyclic) bond motifs is 1. The maximum absolute atomic E-state index is 12.9. The molecular formula is C20H17N3O5S. The van der Waals surface area contributed by atoms with Gasteiger partial charge in [-0.1, -0.05) is 23.3 Å². The molecule has 0 N–H and O–H groups in total. The number of nitrogens with zero attached hydrogens (tertiary/aromatic N) is 3. The minimum absolute atomic E-state index is 0.149. The first-order chi connectivity index (χ1) is 13.9. The van der Waals surface area contributed by atoms with Crippen molar-refractivity contribution in [3.8, 4) is 23.8 Å². The topological polar surface area (TPSA) is 96.0 Å². The van der Waals surface area contributed by atoms with E-state index in [9.17, 15) is 14.9 Å². The minimum atomic E-state index is -0.772. The first-order valence-corrected chi connectivity index (χ1v) is 9.24. The second-order valence-electron chi connectivity index (χ2n) is 6.04. The summed E-state index contributed by atoms with van der Waals surface area (Å²) >= 11 is 1.29. The molecule has 3 aromatic rings. The number of terminal acetylenes is 1. The van der Waals surface area contributed by atoms with Crippen molar-refractivity contribution >= 4 is 33.1 Å². The lowest BCUT2D eigenvalue weighted by Gasteiger charge is -2.08. The molecule has 9 heteroatoms. The molecule has 0 unspecified atom stereocenters. The predicted octanol–water partition coefficient (Wildman–Crippen LogP) is 3.31. The van der Waals surface area contributed by atoms with Gasteiger partial charge in [0.2, 0.25) is 0 Å². The zero-order chi connectivity index (χ0) is 21.1. The van der Waals surface area contributed by atoms with Gasteiger partial charge in [0, 0.05) is 6.07 Å². The molecule has 0 aliphatic carbocycles. The summed E-state index contributed by atoms with van der Waals surface area (Å²) in [5.41, 5.74) is 1.28. The van der Waals surface area contributed by atoms with Gasteiger partial charge in [-0.05, 0) is 24.6 Å². The number of carbonyl (C=O) groups excluding carboxylic acids is 1. The lowest BCUT2D eigenvalue weighted by atomic mass is 10.1. The van der Waals surface area contributed by atoms with Gasteiger partial charge >= 0.3 is 0 Å². The van der Waals surface area contributed by atoms with Crippen molar-refractivity contribution in [3.63, 3.8) is 0 Å². The second-order valence-corrected chi connectivity index (χ2v) is 7.05. The second kappa shape index (κ2) is 8.16. The van der Waals surface area contributed by atoms with Crippen molar-refractivity contribution in [3.05, 3.63) is 56.4 Å². The minimum Gasteiger partial charge on any atom is -0.493 e. The fraction of sp³-hybridized carbons (Fsp3) is 0.200. The van der Waals surface area contributed by atoms with Crippen molar-refractivity contribution in [2.24, 2.45) is 4.99 Å². The molecule has 3 rings (SSSR count). The Kier molecular flexibility index (Phi) is 5.66. The highest BCUT2D eigenvalue weighted by Crippen LogP contribution is 2.34. The van der Waals surface area contributed by atoms with Gasteiger partial charge in [-0.2, -0.15) is 4.99 Å². The van der Waals surface area contributed by atoms with Crippen LogP contribution in [-0.2, 0) is 6.54 Å². The molecular weight excluding hydrogens is 394 g/mol. The Labute approximate surface area is 170 Å². The van der Waals surface area contributed by atoms with Crippen molar-refractivity contribution in [1.29, 1.82) is 0 Å². The number of nitro benzene ring substituents is 1. The van der Waals surface area contributed by atoms with E-state index in [1.807, 2.05) is 25.1 Å². The van der Waals surface area contributed by atoms with Crippen LogP contribution in [-0.4, -0.2) is 29.6 Å². The average molecular weight is 411 g/mol. The summed E-state index contributed by atoms with van der Waals surface area (Å²) in [6.45, 7) is 2.17. The number of ether oxygens (including phenoxy) is 2. The maximum Gasteiger partial charge on any atom is 0.286 e. The van der Waals surface area contributed by atoms with Crippen LogP contribution in [0.4, 0.5) is 5.69 Å². The number of methoxy groups -OCH3 is 2. The predicted molar refractivity (Wildman–Crippen MR) is 109 cm³/mol. The maximum atomic E-state index is 12.9. The molecule has 0 fully saturated rings. The van der Waals surface area contributed by atoms with Crippen molar-refractivity contribution < 1.29 is 19.2 Å². The number of nitro groups is 1. The van der Waals surface area contributed by atoms with E-state index < -0.39 is 16.5 Å². The SMILES string of the molecule is C#CCn1c(=NC(=O)c2cc(OC)c(OC)cc2[N+](=O)[O-])sc2cc(C)ccc21. The smallest absolute Gasteiger partial charge is 0.286 e. The molecule has 0 saturated heterocycles. The first-order valence-electron chi connectivity index (χ1n) is 8.42. The third-order valence-corrected chi connectivity index (χ3v) is 5.25. The molecule has 1 amide bonds. The summed E-state index contributed by atoms with van der Waals surface area (Å²) in [5, 5.41) is 11.5. The van der Waals surface area contributed by atoms with Crippen LogP contribution in [0.2, 0.25) is 0 Å². The van der Waals surface area contributed by atoms with Gasteiger partial charge in [0.25, 0.3) is 11.6 Å². The lowest BCUT2D eigenvalue weighted by Crippen LogP contribution is -2.17. The molecule has 2 aromatic carbocycles. The van der Waals surface area contributed by atoms with E-state index >= 15 is 0 Å². The molecule has 0 saturated carbocycles. The summed E-state index contributed by atoms with van der Waals surface area (Å²) in [6.07, 6.45) is 5.47. The lowest BCUT2D eigenvalue weighted by molar-refractivity contribution is -0.385. The Balaban J connectivity index is 2.22. The Morgan fingerprint density at radius 2 is 1.97 bits per heavy atom. The van der Waals surface area contributed by atoms with Crippen LogP contribution in [0.3, 0.4) is 0 Å². The molecule has 0 bridgehead atoms. The third-order valence-electron chi connectivity index (χ3n) is 4.21. The number of thiazole rings is 1. The molecule has 0 spiro atoms. The average Bonchev–Trinajstić information content (AvgIpc) is 3.02. The van der Waals surface area contributed by atoms with Gasteiger partial charge in [-0.15, -0.1) is 6.42 Å². The molecule has 8 nitrogen and oxygen atoms in total. The molecule has 0 radical (unpaired) electrons. The van der Waals surface area contributed by atoms with Crippen LogP contribution in [0, 0.1) is 29.4 Å². The molecule has 0 aliphatic rings. The van der Waals surface area contributed by atoms with Crippen LogP contribution in [0.1, 0.15) is 15.9 Å². The van der Waals surface area contributed by atoms with Crippen LogP contribution in [0.25, 0.3) is 10.2 Å². The van der Waals surface area contributed by atoms with Crippen molar-refractivity contribution in [1.82, 2.24) is 4.57 Å². The third kappa shape index (κ3) is 3.83. The fourth-order valence-electron chi connectivity index (χ4n) is 2.85. The van der Waals surface area contributed by atoms with E-state index in [-0.39, 0.29) is 23.6 Å². The number of aryl methyl sites for hydroxylation is 1. The Hall–Kier alpha value is -3.64. The van der Waals surface area contributed by atoms with Crippen LogP contribution < -0.4 is 14.3 Å². The summed E-state index contributed by atoms with van der Waals surface area (Å²) in [7, 11) is 2.74. The van der Waals surface area contributed by atoms with Gasteiger partial charge < -0.3 is 14.0 Å². The standard InChI is InChI=1S/C20H17N3O5S/c1-5-8-22-14-7-6-12(2)9-18(14)29-20(22)21-19(24)13-10-16(27-3)17(28-4)11-15(13)23(25)26/h1,6-7,9-11H,8H2,2-4H3. The number of hydrogen-bond acceptors (Lipinski definition) is 6. The molecule has 148 valence electrons. The largest absolute Gasteiger partial charge is 0.493 e. The van der Waals surface area contributed by atoms with Gasteiger partial charge in [-0.3, -0.25) is 14.9 Å². The molecule has 0 aliphatic heterocycles. The number of aromatic nitrogens is 1. The van der Waals surface area contributed by atoms with Crippen LogP contribution >= 0.6 is 11.3 Å². The molecule has 0 atom stereocenters. The highest BCUT2D eigenvalue weighted by atomic mass is 32.1. The fourth-order valence-corrected chi connectivity index (χ4v) is 3.97. The van der Waals surface area contributed by atoms with E-state index in [1.54, 1.807) is 4.57 Å². The van der Waals surface area contributed by atoms with Crippen molar-refractivity contribution in [2.75, 3.05) is 14.2 Å². The van der Waals surface area contributed by atoms with E-state index in [4.69, 9.17) is 15.9 Å². The first kappa shape index (κ1) is 20.1. The summed E-state index contributed by atoms with van der Waals surface area (Å²) in [5.74, 6) is 2.12. The van der Waals surface area contributed by atoms with Crippen LogP contribution in [0.5, 0.6) is 11.5 Å². The van der Waals surface area contributed by atoms with Crippen LogP contribution in [0.15, 0.2) is 35.3 Å². The van der Waals surface area contributed by atoms with Gasteiger partial charge in [0.15, 0.2) is 16.3 Å². The zero-order valence-electron chi connectivity index (χ0n) is 16.0. The normalized spacial score (nSPS) is 11.3. The van der Waals surface area contributed by atoms with Gasteiger partial charge in [-0.25, -0.2) is 0 Å². The number of benzene rings is 2. The summed E-state index contributed by atoms with van der Waals surface area (Å²) < 4.78 is 12.9.